The van der Waals surface area contributed by atoms with Gasteiger partial charge in [-0.1, -0.05) is 105 Å². The van der Waals surface area contributed by atoms with Gasteiger partial charge in [-0.2, -0.15) is 0 Å². The molecule has 0 amide bonds. The van der Waals surface area contributed by atoms with Gasteiger partial charge in [-0.05, 0) is 79.5 Å². The number of fused-ring (bicyclic) bond motifs is 5. The number of aliphatic hydroxyl groups excluding tert-OH is 1. The van der Waals surface area contributed by atoms with Crippen LogP contribution in [0.5, 0.6) is 0 Å². The zero-order valence-electron chi connectivity index (χ0n) is 33.8. The van der Waals surface area contributed by atoms with Gasteiger partial charge in [0.1, 0.15) is 16.9 Å². The van der Waals surface area contributed by atoms with E-state index in [1.807, 2.05) is 65.1 Å². The van der Waals surface area contributed by atoms with Crippen LogP contribution in [-0.2, 0) is 36.7 Å². The van der Waals surface area contributed by atoms with Crippen molar-refractivity contribution in [2.75, 3.05) is 0 Å². The van der Waals surface area contributed by atoms with Gasteiger partial charge < -0.3 is 9.52 Å². The molecular weight excluding hydrogens is 851 g/mol. The van der Waals surface area contributed by atoms with Crippen molar-refractivity contribution in [3.63, 3.8) is 0 Å². The standard InChI is InChI=1S/C32H30NOS.C15H28O2.Ir/c1-18(2)13-28-19(3)23-16-27-24(17-29(23)35-28)30-26(34-27)11-12-33-31(30)21-14-20-9-7-8-10-22(20)25(15-21)32(4,5)6;1-7-14(5,8-2)12(16)11-13(17)15(6,9-3)10-4;/h7-12,15-18H,13H2,1-6H3;11,16H,7-10H2,1-6H3;/q-1;;/b;12-11-;. The van der Waals surface area contributed by atoms with E-state index in [2.05, 4.69) is 90.1 Å². The van der Waals surface area contributed by atoms with Gasteiger partial charge in [-0.15, -0.1) is 40.5 Å². The average Bonchev–Trinajstić information content (AvgIpc) is 3.64. The Morgan fingerprint density at radius 3 is 2.13 bits per heavy atom. The molecule has 6 rings (SSSR count). The van der Waals surface area contributed by atoms with Crippen molar-refractivity contribution in [3.05, 3.63) is 88.6 Å². The molecule has 6 aromatic rings. The fourth-order valence-corrected chi connectivity index (χ4v) is 8.36. The Hall–Kier alpha value is -3.31. The Bertz CT molecular complexity index is 2260. The molecule has 0 aliphatic carbocycles. The number of aryl methyl sites for hydroxylation is 1. The van der Waals surface area contributed by atoms with Crippen LogP contribution in [0, 0.1) is 29.7 Å². The van der Waals surface area contributed by atoms with Crippen molar-refractivity contribution in [2.24, 2.45) is 16.7 Å². The number of hydrogen-bond acceptors (Lipinski definition) is 5. The van der Waals surface area contributed by atoms with Gasteiger partial charge in [-0.25, -0.2) is 0 Å². The smallest absolute Gasteiger partial charge is 0.164 e. The van der Waals surface area contributed by atoms with Crippen molar-refractivity contribution in [3.8, 4) is 11.3 Å². The number of furan rings is 1. The Kier molecular flexibility index (Phi) is 13.3. The van der Waals surface area contributed by atoms with Gasteiger partial charge in [0.25, 0.3) is 0 Å². The van der Waals surface area contributed by atoms with Crippen molar-refractivity contribution < 1.29 is 34.4 Å². The number of aromatic nitrogens is 1. The summed E-state index contributed by atoms with van der Waals surface area (Å²) in [5.41, 5.74) is 5.85. The largest absolute Gasteiger partial charge is 0.512 e. The molecule has 0 saturated heterocycles. The normalized spacial score (nSPS) is 12.8. The van der Waals surface area contributed by atoms with E-state index in [0.717, 1.165) is 70.7 Å². The molecule has 0 atom stereocenters. The first-order valence-electron chi connectivity index (χ1n) is 19.1. The molecule has 0 saturated carbocycles. The summed E-state index contributed by atoms with van der Waals surface area (Å²) in [4.78, 5) is 18.5. The van der Waals surface area contributed by atoms with E-state index in [0.29, 0.717) is 5.92 Å². The number of carbonyl (C=O) groups excluding carboxylic acids is 1. The molecule has 285 valence electrons. The second-order valence-corrected chi connectivity index (χ2v) is 17.7. The van der Waals surface area contributed by atoms with E-state index in [1.54, 1.807) is 0 Å². The summed E-state index contributed by atoms with van der Waals surface area (Å²) in [5.74, 6) is 0.926. The Morgan fingerprint density at radius 1 is 0.887 bits per heavy atom. The first-order valence-corrected chi connectivity index (χ1v) is 20.0. The average molecular weight is 909 g/mol. The maximum Gasteiger partial charge on any atom is 0.164 e. The molecule has 3 aromatic heterocycles. The molecule has 0 spiro atoms. The van der Waals surface area contributed by atoms with Crippen LogP contribution in [0.4, 0.5) is 0 Å². The number of aliphatic hydroxyl groups is 1. The van der Waals surface area contributed by atoms with Crippen LogP contribution >= 0.6 is 11.3 Å². The van der Waals surface area contributed by atoms with Crippen LogP contribution in [0.1, 0.15) is 118 Å². The molecule has 0 aliphatic heterocycles. The number of benzene rings is 3. The Labute approximate surface area is 334 Å². The van der Waals surface area contributed by atoms with Crippen molar-refractivity contribution in [2.45, 2.75) is 121 Å². The molecule has 4 nitrogen and oxygen atoms in total. The third-order valence-electron chi connectivity index (χ3n) is 11.6. The van der Waals surface area contributed by atoms with Crippen LogP contribution in [-0.4, -0.2) is 15.9 Å². The molecule has 3 heterocycles. The molecule has 0 fully saturated rings. The predicted molar refractivity (Wildman–Crippen MR) is 224 cm³/mol. The zero-order chi connectivity index (χ0) is 38.2. The number of carbonyl (C=O) groups is 1. The van der Waals surface area contributed by atoms with Crippen LogP contribution in [0.2, 0.25) is 0 Å². The van der Waals surface area contributed by atoms with E-state index in [-0.39, 0.29) is 47.9 Å². The minimum Gasteiger partial charge on any atom is -0.512 e. The predicted octanol–water partition coefficient (Wildman–Crippen LogP) is 14.3. The minimum absolute atomic E-state index is 0. The first kappa shape index (κ1) is 42.4. The second-order valence-electron chi connectivity index (χ2n) is 16.5. The first-order chi connectivity index (χ1) is 24.5. The summed E-state index contributed by atoms with van der Waals surface area (Å²) in [6.45, 7) is 25.7. The molecular formula is C47H58IrNO3S-. The van der Waals surface area contributed by atoms with Gasteiger partial charge in [0.2, 0.25) is 0 Å². The van der Waals surface area contributed by atoms with E-state index in [9.17, 15) is 9.90 Å². The maximum atomic E-state index is 12.2. The van der Waals surface area contributed by atoms with Crippen LogP contribution < -0.4 is 0 Å². The summed E-state index contributed by atoms with van der Waals surface area (Å²) in [5, 5.41) is 16.0. The summed E-state index contributed by atoms with van der Waals surface area (Å²) in [7, 11) is 0. The molecule has 3 aromatic carbocycles. The van der Waals surface area contributed by atoms with Crippen LogP contribution in [0.15, 0.2) is 71.0 Å². The topological polar surface area (TPSA) is 63.3 Å². The zero-order valence-corrected chi connectivity index (χ0v) is 37.1. The summed E-state index contributed by atoms with van der Waals surface area (Å²) in [6, 6.07) is 21.0. The van der Waals surface area contributed by atoms with Gasteiger partial charge in [-0.3, -0.25) is 9.78 Å². The van der Waals surface area contributed by atoms with Crippen LogP contribution in [0.25, 0.3) is 54.1 Å². The van der Waals surface area contributed by atoms with E-state index >= 15 is 0 Å². The SMILES string of the molecule is CCC(C)(CC)C(=O)/C=C(\O)C(C)(CC)CC.Cc1c(CC(C)C)sc2cc3c(cc12)oc1ccnc(-c2[c-]c4ccccc4c(C(C)(C)C)c2)c13.[Ir]. The molecule has 1 radical (unpaired) electrons. The van der Waals surface area contributed by atoms with Gasteiger partial charge in [0.05, 0.1) is 0 Å². The fraction of sp³-hybridized carbons (Fsp3) is 0.447. The quantitative estimate of drug-likeness (QED) is 0.0845. The minimum atomic E-state index is -0.337. The third kappa shape index (κ3) is 8.51. The van der Waals surface area contributed by atoms with E-state index in [4.69, 9.17) is 9.40 Å². The Balaban J connectivity index is 0.000000299. The number of rotatable bonds is 10. The van der Waals surface area contributed by atoms with Crippen molar-refractivity contribution in [1.29, 1.82) is 0 Å². The monoisotopic (exact) mass is 909 g/mol. The van der Waals surface area contributed by atoms with E-state index < -0.39 is 0 Å². The summed E-state index contributed by atoms with van der Waals surface area (Å²) < 4.78 is 7.72. The number of thiophene rings is 1. The third-order valence-corrected chi connectivity index (χ3v) is 12.9. The van der Waals surface area contributed by atoms with Crippen molar-refractivity contribution in [1.82, 2.24) is 4.98 Å². The van der Waals surface area contributed by atoms with E-state index in [1.165, 1.54) is 37.6 Å². The molecule has 0 bridgehead atoms. The number of pyridine rings is 1. The number of allylic oxidation sites excluding steroid dienone is 2. The van der Waals surface area contributed by atoms with Crippen molar-refractivity contribution >= 4 is 59.9 Å². The van der Waals surface area contributed by atoms with Crippen LogP contribution in [0.3, 0.4) is 0 Å². The van der Waals surface area contributed by atoms with Gasteiger partial charge in [0.15, 0.2) is 5.78 Å². The summed E-state index contributed by atoms with van der Waals surface area (Å²) >= 11 is 1.92. The molecule has 0 aliphatic rings. The maximum absolute atomic E-state index is 12.2. The number of hydrogen-bond donors (Lipinski definition) is 1. The van der Waals surface area contributed by atoms with Gasteiger partial charge in [0, 0.05) is 69.3 Å². The Morgan fingerprint density at radius 2 is 1.53 bits per heavy atom. The molecule has 0 unspecified atom stereocenters. The second kappa shape index (κ2) is 16.6. The molecule has 6 heteroatoms. The molecule has 53 heavy (non-hydrogen) atoms. The summed E-state index contributed by atoms with van der Waals surface area (Å²) in [6.07, 6.45) is 7.72. The fourth-order valence-electron chi connectivity index (χ4n) is 6.92. The van der Waals surface area contributed by atoms with Gasteiger partial charge >= 0.3 is 0 Å². The number of nitrogens with zero attached hydrogens (tertiary/aromatic N) is 1. The molecule has 1 N–H and O–H groups in total. The number of ketones is 1.